The molecule has 0 bridgehead atoms. The molecular formula is C32H36F2N8O5. The highest BCUT2D eigenvalue weighted by molar-refractivity contribution is 5.80. The Morgan fingerprint density at radius 3 is 2.60 bits per heavy atom. The number of hydrogen-bond donors (Lipinski definition) is 2. The van der Waals surface area contributed by atoms with Gasteiger partial charge >= 0.3 is 5.92 Å². The van der Waals surface area contributed by atoms with Crippen LogP contribution in [-0.4, -0.2) is 120 Å². The number of anilines is 3. The van der Waals surface area contributed by atoms with Gasteiger partial charge in [0.05, 0.1) is 44.2 Å². The van der Waals surface area contributed by atoms with Gasteiger partial charge in [-0.25, -0.2) is 18.7 Å². The molecule has 6 rings (SSSR count). The van der Waals surface area contributed by atoms with Crippen LogP contribution in [0.25, 0.3) is 11.3 Å². The number of carbonyl (C=O) groups excluding carboxylic acids is 1. The average Bonchev–Trinajstić information content (AvgIpc) is 3.05. The predicted molar refractivity (Wildman–Crippen MR) is 167 cm³/mol. The number of hydrogen-bond acceptors (Lipinski definition) is 12. The molecule has 0 aliphatic carbocycles. The Morgan fingerprint density at radius 1 is 1.15 bits per heavy atom. The van der Waals surface area contributed by atoms with Crippen molar-refractivity contribution in [1.82, 2.24) is 24.8 Å². The Bertz CT molecular complexity index is 1640. The number of aromatic nitrogens is 3. The van der Waals surface area contributed by atoms with Gasteiger partial charge in [-0.05, 0) is 43.3 Å². The van der Waals surface area contributed by atoms with Gasteiger partial charge in [-0.1, -0.05) is 0 Å². The van der Waals surface area contributed by atoms with E-state index < -0.39 is 30.6 Å². The van der Waals surface area contributed by atoms with Gasteiger partial charge in [0.2, 0.25) is 11.8 Å². The first-order valence-electron chi connectivity index (χ1n) is 15.4. The number of carbonyl (C=O) groups is 1. The van der Waals surface area contributed by atoms with Crippen LogP contribution in [0.2, 0.25) is 0 Å². The summed E-state index contributed by atoms with van der Waals surface area (Å²) in [4.78, 5) is 31.2. The van der Waals surface area contributed by atoms with Crippen LogP contribution in [0.3, 0.4) is 0 Å². The summed E-state index contributed by atoms with van der Waals surface area (Å²) < 4.78 is 46.4. The average molecular weight is 651 g/mol. The van der Waals surface area contributed by atoms with Crippen molar-refractivity contribution in [1.29, 1.82) is 5.26 Å². The van der Waals surface area contributed by atoms with E-state index in [1.54, 1.807) is 25.4 Å². The number of aliphatic hydroxyl groups is 1. The van der Waals surface area contributed by atoms with Crippen molar-refractivity contribution in [2.24, 2.45) is 0 Å². The van der Waals surface area contributed by atoms with Crippen LogP contribution >= 0.6 is 0 Å². The molecule has 3 fully saturated rings. The first-order chi connectivity index (χ1) is 22.6. The monoisotopic (exact) mass is 650 g/mol. The maximum Gasteiger partial charge on any atom is 0.301 e. The van der Waals surface area contributed by atoms with E-state index in [2.05, 4.69) is 30.1 Å². The first kappa shape index (κ1) is 32.3. The second-order valence-electron chi connectivity index (χ2n) is 11.7. The van der Waals surface area contributed by atoms with Crippen molar-refractivity contribution < 1.29 is 32.9 Å². The van der Waals surface area contributed by atoms with E-state index in [0.717, 1.165) is 50.0 Å². The van der Waals surface area contributed by atoms with Crippen LogP contribution in [0.4, 0.5) is 26.2 Å². The number of nitrogens with zero attached hydrogens (tertiary/aromatic N) is 7. The quantitative estimate of drug-likeness (QED) is 0.351. The highest BCUT2D eigenvalue weighted by atomic mass is 19.3. The maximum absolute atomic E-state index is 14.9. The number of nitrogens with one attached hydrogen (secondary N) is 1. The van der Waals surface area contributed by atoms with Crippen LogP contribution in [0.15, 0.2) is 42.6 Å². The van der Waals surface area contributed by atoms with E-state index in [0.29, 0.717) is 29.0 Å². The number of halogens is 2. The molecule has 0 radical (unpaired) electrons. The Labute approximate surface area is 270 Å². The number of pyridine rings is 1. The Balaban J connectivity index is 1.12. The van der Waals surface area contributed by atoms with Crippen LogP contribution in [-0.2, 0) is 9.53 Å². The van der Waals surface area contributed by atoms with E-state index in [4.69, 9.17) is 14.2 Å². The molecule has 47 heavy (non-hydrogen) atoms. The zero-order valence-corrected chi connectivity index (χ0v) is 26.1. The number of piperidine rings is 1. The SMILES string of the molecule is COc1nc(Nc2nccc(-c3ccc(O[C@H]4CCN(C(=O)[C@H](C)O)CC4(F)F)c(C#N)c3)n2)ccc1N1CCN(C2COC2)CC1. The third-order valence-electron chi connectivity index (χ3n) is 8.59. The number of benzene rings is 1. The third kappa shape index (κ3) is 7.04. The summed E-state index contributed by atoms with van der Waals surface area (Å²) in [5.74, 6) is -2.92. The van der Waals surface area contributed by atoms with E-state index >= 15 is 0 Å². The number of ether oxygens (including phenoxy) is 3. The van der Waals surface area contributed by atoms with Gasteiger partial charge in [0.1, 0.15) is 29.4 Å². The number of amides is 1. The number of piperazine rings is 1. The molecule has 13 nitrogen and oxygen atoms in total. The summed E-state index contributed by atoms with van der Waals surface area (Å²) in [5.41, 5.74) is 1.99. The van der Waals surface area contributed by atoms with Gasteiger partial charge < -0.3 is 34.4 Å². The van der Waals surface area contributed by atoms with E-state index in [-0.39, 0.29) is 30.2 Å². The fourth-order valence-corrected chi connectivity index (χ4v) is 5.90. The summed E-state index contributed by atoms with van der Waals surface area (Å²) in [6, 6.07) is 12.6. The Hall–Kier alpha value is -4.65. The van der Waals surface area contributed by atoms with Gasteiger partial charge in [-0.15, -0.1) is 0 Å². The van der Waals surface area contributed by atoms with Crippen LogP contribution < -0.4 is 19.7 Å². The predicted octanol–water partition coefficient (Wildman–Crippen LogP) is 2.68. The van der Waals surface area contributed by atoms with Crippen molar-refractivity contribution in [3.8, 4) is 29.0 Å². The molecule has 1 amide bonds. The smallest absolute Gasteiger partial charge is 0.301 e. The minimum Gasteiger partial charge on any atom is -0.483 e. The molecule has 2 aromatic heterocycles. The number of aliphatic hydroxyl groups excluding tert-OH is 1. The minimum atomic E-state index is -3.38. The second kappa shape index (κ2) is 13.6. The lowest BCUT2D eigenvalue weighted by Crippen LogP contribution is -2.56. The van der Waals surface area contributed by atoms with Gasteiger partial charge in [0, 0.05) is 50.9 Å². The standard InChI is InChI=1S/C32H36F2N8O5/c1-20(43)30(44)42-10-8-27(32(33,34)19-42)47-26-5-3-21(15-22(26)16-35)24-7-9-36-31(37-24)39-28-6-4-25(29(38-28)45-2)41-13-11-40(12-14-41)23-17-46-18-23/h3-7,9,15,20,23,27,43H,8,10-14,17-19H2,1-2H3,(H,36,37,38,39)/t20-,27-/m0/s1. The second-order valence-corrected chi connectivity index (χ2v) is 11.7. The highest BCUT2D eigenvalue weighted by Gasteiger charge is 2.48. The molecule has 1 aromatic carbocycles. The summed E-state index contributed by atoms with van der Waals surface area (Å²) in [6.45, 7) is 5.54. The summed E-state index contributed by atoms with van der Waals surface area (Å²) in [6.07, 6.45) is -1.52. The fraction of sp³-hybridized carbons (Fsp3) is 0.469. The molecule has 3 aromatic rings. The van der Waals surface area contributed by atoms with Crippen LogP contribution in [0.1, 0.15) is 18.9 Å². The molecule has 3 saturated heterocycles. The maximum atomic E-state index is 14.9. The summed E-state index contributed by atoms with van der Waals surface area (Å²) in [5, 5.41) is 22.4. The largest absolute Gasteiger partial charge is 0.483 e. The molecular weight excluding hydrogens is 614 g/mol. The van der Waals surface area contributed by atoms with Crippen molar-refractivity contribution in [3.63, 3.8) is 0 Å². The van der Waals surface area contributed by atoms with Crippen molar-refractivity contribution in [2.75, 3.05) is 69.8 Å². The molecule has 3 aliphatic rings. The van der Waals surface area contributed by atoms with Gasteiger partial charge in [0.15, 0.2) is 6.10 Å². The summed E-state index contributed by atoms with van der Waals surface area (Å²) in [7, 11) is 1.58. The highest BCUT2D eigenvalue weighted by Crippen LogP contribution is 2.34. The van der Waals surface area contributed by atoms with Crippen molar-refractivity contribution in [2.45, 2.75) is 37.5 Å². The molecule has 3 aliphatic heterocycles. The Morgan fingerprint density at radius 2 is 1.94 bits per heavy atom. The number of rotatable bonds is 9. The Kier molecular flexibility index (Phi) is 9.35. The number of likely N-dealkylation sites (tertiary alicyclic amines) is 1. The molecule has 5 heterocycles. The lowest BCUT2D eigenvalue weighted by atomic mass is 10.0. The molecule has 2 N–H and O–H groups in total. The van der Waals surface area contributed by atoms with Gasteiger partial charge in [-0.2, -0.15) is 10.2 Å². The van der Waals surface area contributed by atoms with E-state index in [1.807, 2.05) is 18.2 Å². The van der Waals surface area contributed by atoms with Crippen molar-refractivity contribution >= 4 is 23.4 Å². The molecule has 0 unspecified atom stereocenters. The number of alkyl halides is 2. The van der Waals surface area contributed by atoms with Gasteiger partial charge in [-0.3, -0.25) is 9.69 Å². The van der Waals surface area contributed by atoms with Crippen LogP contribution in [0.5, 0.6) is 11.6 Å². The zero-order valence-electron chi connectivity index (χ0n) is 26.1. The topological polar surface area (TPSA) is 149 Å². The normalized spacial score (nSPS) is 20.6. The molecule has 248 valence electrons. The van der Waals surface area contributed by atoms with E-state index in [9.17, 15) is 23.9 Å². The first-order valence-corrected chi connectivity index (χ1v) is 15.4. The molecule has 15 heteroatoms. The van der Waals surface area contributed by atoms with Gasteiger partial charge in [0.25, 0.3) is 5.91 Å². The van der Waals surface area contributed by atoms with Crippen LogP contribution in [0, 0.1) is 11.3 Å². The van der Waals surface area contributed by atoms with Crippen molar-refractivity contribution in [3.05, 3.63) is 48.2 Å². The van der Waals surface area contributed by atoms with E-state index in [1.165, 1.54) is 19.1 Å². The lowest BCUT2D eigenvalue weighted by Gasteiger charge is -2.43. The number of nitriles is 1. The molecule has 2 atom stereocenters. The summed E-state index contributed by atoms with van der Waals surface area (Å²) >= 11 is 0. The third-order valence-corrected chi connectivity index (χ3v) is 8.59. The lowest BCUT2D eigenvalue weighted by molar-refractivity contribution is -0.165. The molecule has 0 spiro atoms. The fourth-order valence-electron chi connectivity index (χ4n) is 5.90. The molecule has 0 saturated carbocycles. The minimum absolute atomic E-state index is 0.00140. The zero-order chi connectivity index (χ0) is 33.1. The number of methoxy groups -OCH3 is 1.